The van der Waals surface area contributed by atoms with Gasteiger partial charge in [-0.05, 0) is 23.8 Å². The summed E-state index contributed by atoms with van der Waals surface area (Å²) in [4.78, 5) is 12.7. The predicted molar refractivity (Wildman–Crippen MR) is 120 cm³/mol. The van der Waals surface area contributed by atoms with Crippen molar-refractivity contribution in [3.05, 3.63) is 101 Å². The van der Waals surface area contributed by atoms with Crippen molar-refractivity contribution in [3.63, 3.8) is 0 Å². The Morgan fingerprint density at radius 1 is 1.00 bits per heavy atom. The monoisotopic (exact) mass is 441 g/mol. The Labute approximate surface area is 180 Å². The van der Waals surface area contributed by atoms with Crippen LogP contribution in [0.25, 0.3) is 0 Å². The number of para-hydroxylation sites is 1. The summed E-state index contributed by atoms with van der Waals surface area (Å²) < 4.78 is 26.2. The number of carbonyl (C=O) groups is 1. The van der Waals surface area contributed by atoms with Crippen LogP contribution in [0.5, 0.6) is 0 Å². The fourth-order valence-electron chi connectivity index (χ4n) is 2.81. The number of rotatable bonds is 7. The number of carbonyl (C=O) groups excluding carboxylic acids is 1. The van der Waals surface area contributed by atoms with E-state index in [1.807, 2.05) is 30.3 Å². The van der Waals surface area contributed by atoms with E-state index in [-0.39, 0.29) is 17.8 Å². The van der Waals surface area contributed by atoms with Gasteiger partial charge in [0.15, 0.2) is 0 Å². The number of benzene rings is 3. The molecule has 30 heavy (non-hydrogen) atoms. The van der Waals surface area contributed by atoms with Gasteiger partial charge in [0.25, 0.3) is 5.91 Å². The molecular formula is C22H20ClN3O3S. The van der Waals surface area contributed by atoms with Crippen molar-refractivity contribution in [1.82, 2.24) is 5.43 Å². The van der Waals surface area contributed by atoms with E-state index in [4.69, 9.17) is 11.6 Å². The number of nitrogens with zero attached hydrogens (tertiary/aromatic N) is 2. The Morgan fingerprint density at radius 2 is 1.63 bits per heavy atom. The Hall–Kier alpha value is -3.16. The zero-order valence-corrected chi connectivity index (χ0v) is 17.8. The lowest BCUT2D eigenvalue weighted by molar-refractivity contribution is 0.0956. The molecule has 0 radical (unpaired) electrons. The van der Waals surface area contributed by atoms with Crippen LogP contribution in [0.4, 0.5) is 5.69 Å². The van der Waals surface area contributed by atoms with Gasteiger partial charge in [0.1, 0.15) is 0 Å². The smallest absolute Gasteiger partial charge is 0.267 e. The Kier molecular flexibility index (Phi) is 6.87. The van der Waals surface area contributed by atoms with Crippen molar-refractivity contribution < 1.29 is 13.2 Å². The van der Waals surface area contributed by atoms with Crippen LogP contribution < -0.4 is 9.73 Å². The molecule has 154 valence electrons. The summed E-state index contributed by atoms with van der Waals surface area (Å²) in [5.74, 6) is -0.532. The molecule has 3 aromatic carbocycles. The molecule has 3 rings (SSSR count). The van der Waals surface area contributed by atoms with E-state index in [1.165, 1.54) is 10.5 Å². The second-order valence-electron chi connectivity index (χ2n) is 6.49. The Morgan fingerprint density at radius 3 is 2.33 bits per heavy atom. The molecule has 0 saturated carbocycles. The van der Waals surface area contributed by atoms with Gasteiger partial charge in [-0.15, -0.1) is 0 Å². The highest BCUT2D eigenvalue weighted by molar-refractivity contribution is 7.92. The number of hydrazone groups is 1. The van der Waals surface area contributed by atoms with E-state index in [1.54, 1.807) is 48.5 Å². The van der Waals surface area contributed by atoms with E-state index in [2.05, 4.69) is 10.5 Å². The van der Waals surface area contributed by atoms with Gasteiger partial charge in [0, 0.05) is 10.6 Å². The van der Waals surface area contributed by atoms with Crippen LogP contribution in [-0.4, -0.2) is 26.8 Å². The summed E-state index contributed by atoms with van der Waals surface area (Å²) in [5.41, 5.74) is 4.35. The van der Waals surface area contributed by atoms with Gasteiger partial charge in [-0.2, -0.15) is 5.10 Å². The minimum atomic E-state index is -3.64. The first kappa shape index (κ1) is 21.5. The van der Waals surface area contributed by atoms with Gasteiger partial charge in [0.2, 0.25) is 10.0 Å². The van der Waals surface area contributed by atoms with Gasteiger partial charge in [-0.3, -0.25) is 9.10 Å². The lowest BCUT2D eigenvalue weighted by atomic mass is 10.1. The van der Waals surface area contributed by atoms with Crippen molar-refractivity contribution in [2.24, 2.45) is 5.10 Å². The first-order valence-corrected chi connectivity index (χ1v) is 11.3. The Balaban J connectivity index is 1.87. The zero-order chi connectivity index (χ0) is 21.6. The molecule has 0 atom stereocenters. The highest BCUT2D eigenvalue weighted by Gasteiger charge is 2.23. The third-order valence-electron chi connectivity index (χ3n) is 4.26. The summed E-state index contributed by atoms with van der Waals surface area (Å²) in [6, 6.07) is 22.7. The molecule has 0 unspecified atom stereocenters. The van der Waals surface area contributed by atoms with Crippen LogP contribution in [0.3, 0.4) is 0 Å². The minimum Gasteiger partial charge on any atom is -0.267 e. The van der Waals surface area contributed by atoms with E-state index in [0.29, 0.717) is 10.6 Å². The molecular weight excluding hydrogens is 422 g/mol. The van der Waals surface area contributed by atoms with Crippen molar-refractivity contribution in [3.8, 4) is 0 Å². The molecule has 0 aromatic heterocycles. The summed E-state index contributed by atoms with van der Waals surface area (Å²) >= 11 is 6.07. The van der Waals surface area contributed by atoms with Crippen LogP contribution in [-0.2, 0) is 16.6 Å². The van der Waals surface area contributed by atoms with Gasteiger partial charge < -0.3 is 0 Å². The molecule has 0 spiro atoms. The largest absolute Gasteiger partial charge is 0.273 e. The average molecular weight is 442 g/mol. The number of hydrogen-bond acceptors (Lipinski definition) is 4. The summed E-state index contributed by atoms with van der Waals surface area (Å²) in [6.45, 7) is 0.104. The maximum Gasteiger partial charge on any atom is 0.273 e. The molecule has 1 N–H and O–H groups in total. The highest BCUT2D eigenvalue weighted by atomic mass is 35.5. The molecule has 0 bridgehead atoms. The second kappa shape index (κ2) is 9.56. The molecule has 0 saturated heterocycles. The van der Waals surface area contributed by atoms with Crippen molar-refractivity contribution in [1.29, 1.82) is 0 Å². The third kappa shape index (κ3) is 5.46. The number of hydrogen-bond donors (Lipinski definition) is 1. The molecule has 8 heteroatoms. The van der Waals surface area contributed by atoms with E-state index >= 15 is 0 Å². The van der Waals surface area contributed by atoms with Gasteiger partial charge in [-0.25, -0.2) is 13.8 Å². The van der Waals surface area contributed by atoms with E-state index in [9.17, 15) is 13.2 Å². The second-order valence-corrected chi connectivity index (χ2v) is 8.81. The fourth-order valence-corrected chi connectivity index (χ4v) is 3.90. The lowest BCUT2D eigenvalue weighted by Gasteiger charge is -2.24. The molecule has 0 heterocycles. The SMILES string of the molecule is CS(=O)(=O)N(Cc1ccccc1)c1ccccc1C(=O)N/N=C/c1ccccc1Cl. The summed E-state index contributed by atoms with van der Waals surface area (Å²) in [6.07, 6.45) is 2.54. The van der Waals surface area contributed by atoms with E-state index < -0.39 is 15.9 Å². The normalized spacial score (nSPS) is 11.4. The summed E-state index contributed by atoms with van der Waals surface area (Å²) in [5, 5.41) is 4.45. The fraction of sp³-hybridized carbons (Fsp3) is 0.0909. The van der Waals surface area contributed by atoms with Gasteiger partial charge in [-0.1, -0.05) is 72.3 Å². The predicted octanol–water partition coefficient (Wildman–Crippen LogP) is 4.07. The average Bonchev–Trinajstić information content (AvgIpc) is 2.73. The highest BCUT2D eigenvalue weighted by Crippen LogP contribution is 2.25. The zero-order valence-electron chi connectivity index (χ0n) is 16.2. The number of amides is 1. The Bertz CT molecular complexity index is 1170. The molecule has 0 aliphatic heterocycles. The molecule has 0 fully saturated rings. The molecule has 0 aliphatic carbocycles. The van der Waals surface area contributed by atoms with Crippen molar-refractivity contribution in [2.45, 2.75) is 6.54 Å². The summed E-state index contributed by atoms with van der Waals surface area (Å²) in [7, 11) is -3.64. The van der Waals surface area contributed by atoms with Crippen LogP contribution >= 0.6 is 11.6 Å². The third-order valence-corrected chi connectivity index (χ3v) is 5.73. The molecule has 0 aliphatic rings. The molecule has 1 amide bonds. The number of nitrogens with one attached hydrogen (secondary N) is 1. The first-order valence-electron chi connectivity index (χ1n) is 9.05. The van der Waals surface area contributed by atoms with Crippen LogP contribution in [0, 0.1) is 0 Å². The number of halogens is 1. The number of sulfonamides is 1. The van der Waals surface area contributed by atoms with E-state index in [0.717, 1.165) is 11.8 Å². The maximum atomic E-state index is 12.7. The molecule has 3 aromatic rings. The minimum absolute atomic E-state index is 0.104. The van der Waals surface area contributed by atoms with Crippen LogP contribution in [0.15, 0.2) is 84.0 Å². The van der Waals surface area contributed by atoms with Crippen LogP contribution in [0.1, 0.15) is 21.5 Å². The van der Waals surface area contributed by atoms with Crippen LogP contribution in [0.2, 0.25) is 5.02 Å². The quantitative estimate of drug-likeness (QED) is 0.443. The molecule has 6 nitrogen and oxygen atoms in total. The first-order chi connectivity index (χ1) is 14.4. The maximum absolute atomic E-state index is 12.7. The topological polar surface area (TPSA) is 78.8 Å². The standard InChI is InChI=1S/C22H20ClN3O3S/c1-30(28,29)26(16-17-9-3-2-4-10-17)21-14-8-6-12-19(21)22(27)25-24-15-18-11-5-7-13-20(18)23/h2-15H,16H2,1H3,(H,25,27)/b24-15+. The van der Waals surface area contributed by atoms with Gasteiger partial charge >= 0.3 is 0 Å². The number of anilines is 1. The van der Waals surface area contributed by atoms with Gasteiger partial charge in [0.05, 0.1) is 30.3 Å². The lowest BCUT2D eigenvalue weighted by Crippen LogP contribution is -2.32. The van der Waals surface area contributed by atoms with Crippen molar-refractivity contribution >= 4 is 39.4 Å². The van der Waals surface area contributed by atoms with Crippen molar-refractivity contribution in [2.75, 3.05) is 10.6 Å².